The van der Waals surface area contributed by atoms with Gasteiger partial charge in [0.25, 0.3) is 0 Å². The first-order valence-corrected chi connectivity index (χ1v) is 11.0. The van der Waals surface area contributed by atoms with Crippen molar-refractivity contribution in [3.8, 4) is 22.8 Å². The molecule has 0 atom stereocenters. The van der Waals surface area contributed by atoms with Crippen LogP contribution in [0.25, 0.3) is 17.1 Å². The van der Waals surface area contributed by atoms with Gasteiger partial charge >= 0.3 is 6.03 Å². The van der Waals surface area contributed by atoms with Crippen molar-refractivity contribution in [2.24, 2.45) is 0 Å². The first-order valence-electron chi connectivity index (χ1n) is 9.98. The molecule has 8 nitrogen and oxygen atoms in total. The molecule has 1 heterocycles. The molecule has 0 radical (unpaired) electrons. The standard InChI is InChI=1S/C22H25N5O3S/c1-4-23-21(29)24-19(28)14-31-22-26-25-20(16-8-6-7-15(3)13-16)27(22)17-9-11-18(12-10-17)30-5-2/h6-13H,4-5,14H2,1-3H3,(H2,23,24,28,29). The summed E-state index contributed by atoms with van der Waals surface area (Å²) < 4.78 is 7.44. The summed E-state index contributed by atoms with van der Waals surface area (Å²) in [6.07, 6.45) is 0. The Morgan fingerprint density at radius 3 is 2.55 bits per heavy atom. The zero-order valence-corrected chi connectivity index (χ0v) is 18.5. The third-order valence-corrected chi connectivity index (χ3v) is 5.17. The molecule has 0 aliphatic heterocycles. The van der Waals surface area contributed by atoms with E-state index in [4.69, 9.17) is 4.74 Å². The van der Waals surface area contributed by atoms with Gasteiger partial charge in [-0.15, -0.1) is 10.2 Å². The van der Waals surface area contributed by atoms with Gasteiger partial charge in [-0.2, -0.15) is 0 Å². The van der Waals surface area contributed by atoms with Crippen molar-refractivity contribution in [1.82, 2.24) is 25.4 Å². The van der Waals surface area contributed by atoms with Crippen molar-refractivity contribution < 1.29 is 14.3 Å². The minimum absolute atomic E-state index is 0.0279. The summed E-state index contributed by atoms with van der Waals surface area (Å²) in [6, 6.07) is 15.1. The Bertz CT molecular complexity index is 1050. The summed E-state index contributed by atoms with van der Waals surface area (Å²) in [7, 11) is 0. The van der Waals surface area contributed by atoms with Crippen LogP contribution in [0.2, 0.25) is 0 Å². The predicted octanol–water partition coefficient (Wildman–Crippen LogP) is 3.58. The Labute approximate surface area is 185 Å². The number of benzene rings is 2. The number of amides is 3. The van der Waals surface area contributed by atoms with Crippen LogP contribution in [0, 0.1) is 6.92 Å². The number of aromatic nitrogens is 3. The second-order valence-corrected chi connectivity index (χ2v) is 7.58. The van der Waals surface area contributed by atoms with Crippen molar-refractivity contribution >= 4 is 23.7 Å². The van der Waals surface area contributed by atoms with Gasteiger partial charge in [-0.05, 0) is 51.1 Å². The second kappa shape index (κ2) is 10.6. The van der Waals surface area contributed by atoms with Gasteiger partial charge < -0.3 is 10.1 Å². The largest absolute Gasteiger partial charge is 0.494 e. The number of rotatable bonds is 8. The van der Waals surface area contributed by atoms with E-state index >= 15 is 0 Å². The van der Waals surface area contributed by atoms with Gasteiger partial charge in [0, 0.05) is 17.8 Å². The topological polar surface area (TPSA) is 98.1 Å². The number of hydrogen-bond donors (Lipinski definition) is 2. The molecule has 0 unspecified atom stereocenters. The van der Waals surface area contributed by atoms with E-state index in [1.165, 1.54) is 11.8 Å². The number of thioether (sulfide) groups is 1. The van der Waals surface area contributed by atoms with Gasteiger partial charge in [-0.3, -0.25) is 14.7 Å². The molecule has 0 fully saturated rings. The van der Waals surface area contributed by atoms with Crippen LogP contribution < -0.4 is 15.4 Å². The lowest BCUT2D eigenvalue weighted by Crippen LogP contribution is -2.40. The average Bonchev–Trinajstić information content (AvgIpc) is 3.17. The quantitative estimate of drug-likeness (QED) is 0.521. The van der Waals surface area contributed by atoms with Crippen LogP contribution in [0.5, 0.6) is 5.75 Å². The summed E-state index contributed by atoms with van der Waals surface area (Å²) in [6.45, 7) is 6.76. The monoisotopic (exact) mass is 439 g/mol. The highest BCUT2D eigenvalue weighted by molar-refractivity contribution is 7.99. The fourth-order valence-corrected chi connectivity index (χ4v) is 3.67. The number of carbonyl (C=O) groups excluding carboxylic acids is 2. The SMILES string of the molecule is CCNC(=O)NC(=O)CSc1nnc(-c2cccc(C)c2)n1-c1ccc(OCC)cc1. The maximum Gasteiger partial charge on any atom is 0.321 e. The summed E-state index contributed by atoms with van der Waals surface area (Å²) in [5.41, 5.74) is 2.87. The lowest BCUT2D eigenvalue weighted by atomic mass is 10.1. The molecule has 0 aliphatic rings. The summed E-state index contributed by atoms with van der Waals surface area (Å²) >= 11 is 1.21. The van der Waals surface area contributed by atoms with Gasteiger partial charge in [-0.25, -0.2) is 4.79 Å². The number of hydrogen-bond acceptors (Lipinski definition) is 6. The molecule has 0 spiro atoms. The number of imide groups is 1. The molecule has 31 heavy (non-hydrogen) atoms. The molecular weight excluding hydrogens is 414 g/mol. The van der Waals surface area contributed by atoms with Crippen LogP contribution in [0.1, 0.15) is 19.4 Å². The van der Waals surface area contributed by atoms with Gasteiger partial charge in [0.2, 0.25) is 5.91 Å². The molecule has 0 bridgehead atoms. The summed E-state index contributed by atoms with van der Waals surface area (Å²) in [5, 5.41) is 14.1. The number of nitrogens with one attached hydrogen (secondary N) is 2. The minimum Gasteiger partial charge on any atom is -0.494 e. The van der Waals surface area contributed by atoms with Gasteiger partial charge in [-0.1, -0.05) is 35.5 Å². The first kappa shape index (κ1) is 22.4. The molecule has 3 rings (SSSR count). The Kier molecular flexibility index (Phi) is 7.66. The van der Waals surface area contributed by atoms with Crippen LogP contribution in [0.4, 0.5) is 4.79 Å². The first-order chi connectivity index (χ1) is 15.0. The second-order valence-electron chi connectivity index (χ2n) is 6.63. The van der Waals surface area contributed by atoms with Gasteiger partial charge in [0.15, 0.2) is 11.0 Å². The molecule has 1 aromatic heterocycles. The normalized spacial score (nSPS) is 10.5. The van der Waals surface area contributed by atoms with E-state index < -0.39 is 11.9 Å². The van der Waals surface area contributed by atoms with Gasteiger partial charge in [0.1, 0.15) is 5.75 Å². The van der Waals surface area contributed by atoms with Crippen LogP contribution >= 0.6 is 11.8 Å². The zero-order chi connectivity index (χ0) is 22.2. The number of urea groups is 1. The molecule has 3 aromatic rings. The van der Waals surface area contributed by atoms with E-state index in [2.05, 4.69) is 20.8 Å². The summed E-state index contributed by atoms with van der Waals surface area (Å²) in [5.74, 6) is 1.06. The predicted molar refractivity (Wildman–Crippen MR) is 121 cm³/mol. The highest BCUT2D eigenvalue weighted by Gasteiger charge is 2.18. The summed E-state index contributed by atoms with van der Waals surface area (Å²) in [4.78, 5) is 23.7. The molecular formula is C22H25N5O3S. The van der Waals surface area contributed by atoms with E-state index in [1.54, 1.807) is 6.92 Å². The Hall–Kier alpha value is -3.33. The lowest BCUT2D eigenvalue weighted by Gasteiger charge is -2.12. The van der Waals surface area contributed by atoms with Crippen molar-refractivity contribution in [2.45, 2.75) is 25.9 Å². The maximum absolute atomic E-state index is 12.1. The van der Waals surface area contributed by atoms with E-state index in [0.29, 0.717) is 24.1 Å². The van der Waals surface area contributed by atoms with E-state index in [0.717, 1.165) is 22.6 Å². The Morgan fingerprint density at radius 2 is 1.87 bits per heavy atom. The molecule has 0 saturated carbocycles. The van der Waals surface area contributed by atoms with E-state index in [9.17, 15) is 9.59 Å². The Balaban J connectivity index is 1.90. The van der Waals surface area contributed by atoms with Crippen LogP contribution in [0.15, 0.2) is 53.7 Å². The molecule has 2 aromatic carbocycles. The fourth-order valence-electron chi connectivity index (χ4n) is 2.92. The average molecular weight is 440 g/mol. The maximum atomic E-state index is 12.1. The van der Waals surface area contributed by atoms with Crippen molar-refractivity contribution in [1.29, 1.82) is 0 Å². The Morgan fingerprint density at radius 1 is 1.10 bits per heavy atom. The third kappa shape index (κ3) is 5.85. The van der Waals surface area contributed by atoms with Crippen LogP contribution in [0.3, 0.4) is 0 Å². The number of carbonyl (C=O) groups is 2. The van der Waals surface area contributed by atoms with E-state index in [-0.39, 0.29) is 5.75 Å². The van der Waals surface area contributed by atoms with Crippen LogP contribution in [-0.4, -0.2) is 45.6 Å². The van der Waals surface area contributed by atoms with Crippen molar-refractivity contribution in [3.05, 3.63) is 54.1 Å². The van der Waals surface area contributed by atoms with Crippen molar-refractivity contribution in [3.63, 3.8) is 0 Å². The highest BCUT2D eigenvalue weighted by atomic mass is 32.2. The smallest absolute Gasteiger partial charge is 0.321 e. The van der Waals surface area contributed by atoms with Crippen LogP contribution in [-0.2, 0) is 4.79 Å². The molecule has 162 valence electrons. The number of nitrogens with zero attached hydrogens (tertiary/aromatic N) is 3. The zero-order valence-electron chi connectivity index (χ0n) is 17.7. The lowest BCUT2D eigenvalue weighted by molar-refractivity contribution is -0.117. The molecule has 2 N–H and O–H groups in total. The fraction of sp³-hybridized carbons (Fsp3) is 0.273. The van der Waals surface area contributed by atoms with E-state index in [1.807, 2.05) is 66.9 Å². The van der Waals surface area contributed by atoms with Gasteiger partial charge in [0.05, 0.1) is 12.4 Å². The number of ether oxygens (including phenoxy) is 1. The molecule has 0 aliphatic carbocycles. The van der Waals surface area contributed by atoms with Crippen molar-refractivity contribution in [2.75, 3.05) is 18.9 Å². The highest BCUT2D eigenvalue weighted by Crippen LogP contribution is 2.29. The number of aryl methyl sites for hydroxylation is 1. The third-order valence-electron chi connectivity index (χ3n) is 4.24. The minimum atomic E-state index is -0.512. The molecule has 0 saturated heterocycles. The molecule has 3 amide bonds. The molecule has 9 heteroatoms.